The number of hydrogen-bond donors (Lipinski definition) is 0. The van der Waals surface area contributed by atoms with E-state index in [0.717, 1.165) is 23.9 Å². The summed E-state index contributed by atoms with van der Waals surface area (Å²) in [6.45, 7) is 1.20. The lowest BCUT2D eigenvalue weighted by molar-refractivity contribution is -0.118. The Morgan fingerprint density at radius 2 is 1.90 bits per heavy atom. The van der Waals surface area contributed by atoms with E-state index in [1.807, 2.05) is 25.1 Å². The van der Waals surface area contributed by atoms with Gasteiger partial charge in [-0.1, -0.05) is 41.1 Å². The van der Waals surface area contributed by atoms with E-state index >= 15 is 0 Å². The maximum absolute atomic E-state index is 14.1. The summed E-state index contributed by atoms with van der Waals surface area (Å²) in [7, 11) is 3.90. The van der Waals surface area contributed by atoms with Gasteiger partial charge in [0.25, 0.3) is 0 Å². The Morgan fingerprint density at radius 1 is 1.17 bits per heavy atom. The molecule has 0 spiro atoms. The third kappa shape index (κ3) is 5.85. The molecule has 1 aromatic heterocycles. The van der Waals surface area contributed by atoms with E-state index in [0.29, 0.717) is 33.4 Å². The molecule has 29 heavy (non-hydrogen) atoms. The van der Waals surface area contributed by atoms with Crippen LogP contribution in [0.1, 0.15) is 12.0 Å². The van der Waals surface area contributed by atoms with Crippen molar-refractivity contribution in [3.8, 4) is 0 Å². The SMILES string of the molecule is CN(C)CCCN(C(=O)Cc1ccccc1Cl)c1nc2c(F)cc(F)cc2s1.Cl. The molecule has 0 aliphatic carbocycles. The Bertz CT molecular complexity index is 997. The first-order valence-corrected chi connectivity index (χ1v) is 9.98. The summed E-state index contributed by atoms with van der Waals surface area (Å²) in [6, 6.07) is 9.18. The number of nitrogens with zero attached hydrogens (tertiary/aromatic N) is 3. The molecular formula is C20H21Cl2F2N3OS. The minimum absolute atomic E-state index is 0. The molecule has 0 bridgehead atoms. The normalized spacial score (nSPS) is 11.0. The van der Waals surface area contributed by atoms with Crippen LogP contribution in [0.15, 0.2) is 36.4 Å². The molecule has 0 fully saturated rings. The zero-order valence-corrected chi connectivity index (χ0v) is 18.4. The summed E-state index contributed by atoms with van der Waals surface area (Å²) in [5.41, 5.74) is 0.787. The molecule has 4 nitrogen and oxygen atoms in total. The molecule has 2 aromatic carbocycles. The number of anilines is 1. The van der Waals surface area contributed by atoms with Gasteiger partial charge in [0.1, 0.15) is 11.3 Å². The molecule has 0 N–H and O–H groups in total. The predicted octanol–water partition coefficient (Wildman–Crippen LogP) is 5.18. The first-order valence-electron chi connectivity index (χ1n) is 8.79. The predicted molar refractivity (Wildman–Crippen MR) is 117 cm³/mol. The van der Waals surface area contributed by atoms with Gasteiger partial charge in [0.15, 0.2) is 10.9 Å². The maximum Gasteiger partial charge on any atom is 0.233 e. The Hall–Kier alpha value is -1.80. The van der Waals surface area contributed by atoms with Crippen molar-refractivity contribution in [2.45, 2.75) is 12.8 Å². The van der Waals surface area contributed by atoms with Crippen molar-refractivity contribution in [3.63, 3.8) is 0 Å². The highest BCUT2D eigenvalue weighted by Crippen LogP contribution is 2.32. The number of halogens is 4. The van der Waals surface area contributed by atoms with Crippen LogP contribution < -0.4 is 4.90 Å². The van der Waals surface area contributed by atoms with E-state index in [2.05, 4.69) is 4.98 Å². The summed E-state index contributed by atoms with van der Waals surface area (Å²) in [4.78, 5) is 20.8. The Kier molecular flexibility index (Phi) is 8.34. The third-order valence-corrected chi connectivity index (χ3v) is 5.61. The summed E-state index contributed by atoms with van der Waals surface area (Å²) >= 11 is 7.29. The second-order valence-electron chi connectivity index (χ2n) is 6.70. The van der Waals surface area contributed by atoms with Crippen molar-refractivity contribution in [2.24, 2.45) is 0 Å². The number of carbonyl (C=O) groups is 1. The summed E-state index contributed by atoms with van der Waals surface area (Å²) in [6.07, 6.45) is 0.822. The summed E-state index contributed by atoms with van der Waals surface area (Å²) < 4.78 is 28.0. The van der Waals surface area contributed by atoms with Gasteiger partial charge in [0, 0.05) is 17.6 Å². The molecule has 156 valence electrons. The first-order chi connectivity index (χ1) is 13.3. The second kappa shape index (κ2) is 10.3. The van der Waals surface area contributed by atoms with Gasteiger partial charge in [-0.3, -0.25) is 9.69 Å². The lowest BCUT2D eigenvalue weighted by Crippen LogP contribution is -2.34. The van der Waals surface area contributed by atoms with Crippen LogP contribution in [0, 0.1) is 11.6 Å². The highest BCUT2D eigenvalue weighted by molar-refractivity contribution is 7.22. The number of carbonyl (C=O) groups excluding carboxylic acids is 1. The van der Waals surface area contributed by atoms with Crippen LogP contribution in [-0.4, -0.2) is 43.0 Å². The number of thiazole rings is 1. The maximum atomic E-state index is 14.1. The average molecular weight is 460 g/mol. The number of rotatable bonds is 7. The lowest BCUT2D eigenvalue weighted by atomic mass is 10.1. The highest BCUT2D eigenvalue weighted by Gasteiger charge is 2.22. The Morgan fingerprint density at radius 3 is 2.59 bits per heavy atom. The van der Waals surface area contributed by atoms with Crippen molar-refractivity contribution in [2.75, 3.05) is 32.1 Å². The molecule has 0 aliphatic rings. The molecule has 0 aliphatic heterocycles. The molecule has 1 amide bonds. The van der Waals surface area contributed by atoms with Gasteiger partial charge in [-0.05, 0) is 44.8 Å². The van der Waals surface area contributed by atoms with Crippen molar-refractivity contribution in [1.29, 1.82) is 0 Å². The lowest BCUT2D eigenvalue weighted by Gasteiger charge is -2.21. The molecule has 3 rings (SSSR count). The average Bonchev–Trinajstić information content (AvgIpc) is 3.04. The zero-order valence-electron chi connectivity index (χ0n) is 16.0. The summed E-state index contributed by atoms with van der Waals surface area (Å²) in [5, 5.41) is 0.872. The standard InChI is InChI=1S/C20H20ClF2N3OS.ClH/c1-25(2)8-5-9-26(18(27)10-13-6-3-4-7-15(13)21)20-24-19-16(23)11-14(22)12-17(19)28-20;/h3-4,6-7,11-12H,5,8-10H2,1-2H3;1H. The monoisotopic (exact) mass is 459 g/mol. The smallest absolute Gasteiger partial charge is 0.233 e. The zero-order chi connectivity index (χ0) is 20.3. The molecule has 3 aromatic rings. The first kappa shape index (κ1) is 23.5. The van der Waals surface area contributed by atoms with Gasteiger partial charge in [0.05, 0.1) is 11.1 Å². The van der Waals surface area contributed by atoms with Crippen LogP contribution in [0.4, 0.5) is 13.9 Å². The van der Waals surface area contributed by atoms with Gasteiger partial charge in [-0.25, -0.2) is 13.8 Å². The minimum Gasteiger partial charge on any atom is -0.309 e. The molecule has 1 heterocycles. The quantitative estimate of drug-likeness (QED) is 0.488. The molecule has 0 unspecified atom stereocenters. The van der Waals surface area contributed by atoms with E-state index < -0.39 is 11.6 Å². The van der Waals surface area contributed by atoms with E-state index in [4.69, 9.17) is 11.6 Å². The van der Waals surface area contributed by atoms with E-state index in [1.54, 1.807) is 18.2 Å². The fourth-order valence-corrected chi connectivity index (χ4v) is 4.08. The van der Waals surface area contributed by atoms with Gasteiger partial charge in [0.2, 0.25) is 5.91 Å². The molecule has 0 saturated heterocycles. The van der Waals surface area contributed by atoms with Crippen molar-refractivity contribution in [1.82, 2.24) is 9.88 Å². The van der Waals surface area contributed by atoms with E-state index in [1.165, 1.54) is 11.0 Å². The molecular weight excluding hydrogens is 439 g/mol. The number of aromatic nitrogens is 1. The number of benzene rings is 2. The summed E-state index contributed by atoms with van der Waals surface area (Å²) in [5.74, 6) is -1.59. The fourth-order valence-electron chi connectivity index (χ4n) is 2.83. The molecule has 9 heteroatoms. The van der Waals surface area contributed by atoms with E-state index in [-0.39, 0.29) is 30.3 Å². The fraction of sp³-hybridized carbons (Fsp3) is 0.300. The van der Waals surface area contributed by atoms with Gasteiger partial charge < -0.3 is 4.90 Å². The largest absolute Gasteiger partial charge is 0.309 e. The molecule has 0 saturated carbocycles. The van der Waals surface area contributed by atoms with Gasteiger partial charge >= 0.3 is 0 Å². The van der Waals surface area contributed by atoms with Crippen LogP contribution in [0.5, 0.6) is 0 Å². The van der Waals surface area contributed by atoms with Crippen molar-refractivity contribution < 1.29 is 13.6 Å². The topological polar surface area (TPSA) is 36.4 Å². The highest BCUT2D eigenvalue weighted by atomic mass is 35.5. The van der Waals surface area contributed by atoms with Crippen LogP contribution in [-0.2, 0) is 11.2 Å². The van der Waals surface area contributed by atoms with E-state index in [9.17, 15) is 13.6 Å². The number of fused-ring (bicyclic) bond motifs is 1. The second-order valence-corrected chi connectivity index (χ2v) is 8.12. The van der Waals surface area contributed by atoms with Crippen molar-refractivity contribution in [3.05, 3.63) is 58.6 Å². The van der Waals surface area contributed by atoms with Crippen LogP contribution in [0.2, 0.25) is 5.02 Å². The number of amides is 1. The minimum atomic E-state index is -0.732. The van der Waals surface area contributed by atoms with Gasteiger partial charge in [-0.15, -0.1) is 12.4 Å². The molecule has 0 atom stereocenters. The Balaban J connectivity index is 0.00000300. The molecule has 0 radical (unpaired) electrons. The number of hydrogen-bond acceptors (Lipinski definition) is 4. The van der Waals surface area contributed by atoms with Crippen molar-refractivity contribution >= 4 is 56.6 Å². The van der Waals surface area contributed by atoms with Gasteiger partial charge in [-0.2, -0.15) is 0 Å². The Labute approximate surface area is 183 Å². The van der Waals surface area contributed by atoms with Crippen LogP contribution >= 0.6 is 35.3 Å². The third-order valence-electron chi connectivity index (χ3n) is 4.22. The van der Waals surface area contributed by atoms with Crippen LogP contribution in [0.3, 0.4) is 0 Å². The van der Waals surface area contributed by atoms with Crippen LogP contribution in [0.25, 0.3) is 10.2 Å².